The molecule has 0 bridgehead atoms. The first-order valence-electron chi connectivity index (χ1n) is 7.78. The van der Waals surface area contributed by atoms with E-state index in [1.165, 1.54) is 24.0 Å². The fourth-order valence-electron chi connectivity index (χ4n) is 2.13. The highest BCUT2D eigenvalue weighted by Crippen LogP contribution is 2.24. The van der Waals surface area contributed by atoms with Crippen molar-refractivity contribution in [3.63, 3.8) is 0 Å². The van der Waals surface area contributed by atoms with Gasteiger partial charge in [-0.25, -0.2) is 5.43 Å². The van der Waals surface area contributed by atoms with E-state index in [-0.39, 0.29) is 16.7 Å². The van der Waals surface area contributed by atoms with Crippen LogP contribution in [0.4, 0.5) is 5.00 Å². The molecule has 0 aliphatic rings. The van der Waals surface area contributed by atoms with Crippen molar-refractivity contribution in [2.45, 2.75) is 5.16 Å². The number of nitro groups is 1. The lowest BCUT2D eigenvalue weighted by molar-refractivity contribution is -0.380. The number of benzene rings is 1. The number of rotatable bonds is 7. The van der Waals surface area contributed by atoms with Crippen LogP contribution in [0.3, 0.4) is 0 Å². The molecule has 0 spiro atoms. The van der Waals surface area contributed by atoms with Gasteiger partial charge >= 0.3 is 5.00 Å². The van der Waals surface area contributed by atoms with Gasteiger partial charge in [0.05, 0.1) is 21.8 Å². The maximum absolute atomic E-state index is 11.9. The Balaban J connectivity index is 1.54. The number of thioether (sulfide) groups is 1. The van der Waals surface area contributed by atoms with E-state index in [9.17, 15) is 14.9 Å². The summed E-state index contributed by atoms with van der Waals surface area (Å²) in [6, 6.07) is 10.2. The Labute approximate surface area is 172 Å². The predicted molar refractivity (Wildman–Crippen MR) is 109 cm³/mol. The third-order valence-electron chi connectivity index (χ3n) is 3.44. The zero-order valence-electron chi connectivity index (χ0n) is 14.4. The molecule has 0 aliphatic heterocycles. The second-order valence-corrected chi connectivity index (χ2v) is 7.86. The minimum atomic E-state index is -0.476. The van der Waals surface area contributed by atoms with Crippen molar-refractivity contribution in [3.05, 3.63) is 56.4 Å². The summed E-state index contributed by atoms with van der Waals surface area (Å²) in [7, 11) is 1.81. The fraction of sp³-hybridized carbons (Fsp3) is 0.125. The average Bonchev–Trinajstić information content (AvgIpc) is 3.28. The molecule has 0 saturated heterocycles. The Hall–Kier alpha value is -2.76. The molecule has 0 unspecified atom stereocenters. The zero-order valence-corrected chi connectivity index (χ0v) is 16.8. The monoisotopic (exact) mass is 436 g/mol. The van der Waals surface area contributed by atoms with Crippen LogP contribution in [0.2, 0.25) is 5.02 Å². The first-order valence-corrected chi connectivity index (χ1v) is 9.96. The van der Waals surface area contributed by atoms with E-state index >= 15 is 0 Å². The molecule has 3 rings (SSSR count). The number of amides is 1. The maximum Gasteiger partial charge on any atom is 0.324 e. The summed E-state index contributed by atoms with van der Waals surface area (Å²) in [6.45, 7) is 0. The van der Waals surface area contributed by atoms with Crippen molar-refractivity contribution in [2.24, 2.45) is 12.1 Å². The van der Waals surface area contributed by atoms with Gasteiger partial charge < -0.3 is 4.57 Å². The summed E-state index contributed by atoms with van der Waals surface area (Å²) in [6.07, 6.45) is 1.36. The van der Waals surface area contributed by atoms with Gasteiger partial charge in [0.15, 0.2) is 11.0 Å². The Morgan fingerprint density at radius 2 is 2.11 bits per heavy atom. The second kappa shape index (κ2) is 8.95. The van der Waals surface area contributed by atoms with E-state index in [1.807, 2.05) is 19.2 Å². The number of carbonyl (C=O) groups is 1. The van der Waals surface area contributed by atoms with Gasteiger partial charge in [-0.2, -0.15) is 5.10 Å². The van der Waals surface area contributed by atoms with Crippen molar-refractivity contribution in [2.75, 3.05) is 5.75 Å². The summed E-state index contributed by atoms with van der Waals surface area (Å²) in [5, 5.41) is 23.9. The third kappa shape index (κ3) is 4.94. The maximum atomic E-state index is 11.9. The highest BCUT2D eigenvalue weighted by molar-refractivity contribution is 7.99. The standard InChI is InChI=1S/C16H13ClN6O3S2/c1-22-15(10-2-4-11(17)5-3-10)20-21-16(22)27-9-13(24)19-18-8-12-6-7-14(28-12)23(25)26/h2-8H,9H2,1H3,(H,19,24). The van der Waals surface area contributed by atoms with Crippen molar-refractivity contribution >= 4 is 51.8 Å². The number of hydrogen-bond donors (Lipinski definition) is 1. The molecule has 0 atom stereocenters. The van der Waals surface area contributed by atoms with Crippen molar-refractivity contribution in [1.29, 1.82) is 0 Å². The van der Waals surface area contributed by atoms with Gasteiger partial charge in [-0.15, -0.1) is 10.2 Å². The van der Waals surface area contributed by atoms with Crippen LogP contribution in [-0.4, -0.2) is 37.6 Å². The van der Waals surface area contributed by atoms with E-state index in [1.54, 1.807) is 22.8 Å². The molecule has 2 aromatic heterocycles. The number of hydrazone groups is 1. The molecule has 2 heterocycles. The number of aromatic nitrogens is 3. The number of halogens is 1. The van der Waals surface area contributed by atoms with E-state index in [0.717, 1.165) is 16.9 Å². The van der Waals surface area contributed by atoms with Crippen LogP contribution in [0, 0.1) is 10.1 Å². The smallest absolute Gasteiger partial charge is 0.305 e. The molecule has 12 heteroatoms. The predicted octanol–water partition coefficient (Wildman–Crippen LogP) is 3.35. The minimum Gasteiger partial charge on any atom is -0.305 e. The number of nitrogens with one attached hydrogen (secondary N) is 1. The lowest BCUT2D eigenvalue weighted by Crippen LogP contribution is -2.19. The largest absolute Gasteiger partial charge is 0.324 e. The fourth-order valence-corrected chi connectivity index (χ4v) is 3.65. The minimum absolute atomic E-state index is 0.0158. The number of carbonyl (C=O) groups excluding carboxylic acids is 1. The van der Waals surface area contributed by atoms with Crippen LogP contribution >= 0.6 is 34.7 Å². The summed E-state index contributed by atoms with van der Waals surface area (Å²) in [5.41, 5.74) is 3.24. The molecule has 3 aromatic rings. The second-order valence-electron chi connectivity index (χ2n) is 5.39. The molecule has 0 aliphatic carbocycles. The zero-order chi connectivity index (χ0) is 20.1. The van der Waals surface area contributed by atoms with Gasteiger partial charge in [0.1, 0.15) is 0 Å². The van der Waals surface area contributed by atoms with E-state index < -0.39 is 4.92 Å². The van der Waals surface area contributed by atoms with Crippen molar-refractivity contribution in [1.82, 2.24) is 20.2 Å². The molecule has 0 fully saturated rings. The molecular weight excluding hydrogens is 424 g/mol. The molecule has 1 aromatic carbocycles. The Morgan fingerprint density at radius 1 is 1.36 bits per heavy atom. The van der Waals surface area contributed by atoms with Crippen molar-refractivity contribution in [3.8, 4) is 11.4 Å². The van der Waals surface area contributed by atoms with Gasteiger partial charge in [-0.3, -0.25) is 14.9 Å². The van der Waals surface area contributed by atoms with Crippen LogP contribution in [-0.2, 0) is 11.8 Å². The molecule has 1 amide bonds. The van der Waals surface area contributed by atoms with E-state index in [2.05, 4.69) is 20.7 Å². The topological polar surface area (TPSA) is 115 Å². The highest BCUT2D eigenvalue weighted by atomic mass is 35.5. The number of thiophene rings is 1. The highest BCUT2D eigenvalue weighted by Gasteiger charge is 2.13. The lowest BCUT2D eigenvalue weighted by Gasteiger charge is -2.03. The van der Waals surface area contributed by atoms with Crippen LogP contribution < -0.4 is 5.43 Å². The van der Waals surface area contributed by atoms with Gasteiger partial charge in [0.2, 0.25) is 0 Å². The van der Waals surface area contributed by atoms with Gasteiger partial charge in [-0.1, -0.05) is 34.7 Å². The lowest BCUT2D eigenvalue weighted by atomic mass is 10.2. The Morgan fingerprint density at radius 3 is 2.79 bits per heavy atom. The van der Waals surface area contributed by atoms with Gasteiger partial charge in [0, 0.05) is 23.7 Å². The van der Waals surface area contributed by atoms with Gasteiger partial charge in [0.25, 0.3) is 5.91 Å². The molecule has 0 radical (unpaired) electrons. The number of nitrogens with zero attached hydrogens (tertiary/aromatic N) is 5. The molecule has 1 N–H and O–H groups in total. The average molecular weight is 437 g/mol. The van der Waals surface area contributed by atoms with E-state index in [0.29, 0.717) is 20.9 Å². The molecule has 0 saturated carbocycles. The normalized spacial score (nSPS) is 11.1. The van der Waals surface area contributed by atoms with Crippen LogP contribution in [0.1, 0.15) is 4.88 Å². The van der Waals surface area contributed by atoms with Crippen molar-refractivity contribution < 1.29 is 9.72 Å². The third-order valence-corrected chi connectivity index (χ3v) is 5.69. The summed E-state index contributed by atoms with van der Waals surface area (Å²) in [5.74, 6) is 0.425. The Kier molecular flexibility index (Phi) is 6.39. The Bertz CT molecular complexity index is 1030. The summed E-state index contributed by atoms with van der Waals surface area (Å²) >= 11 is 8.08. The SMILES string of the molecule is Cn1c(SCC(=O)NN=Cc2ccc([N+](=O)[O-])s2)nnc1-c1ccc(Cl)cc1. The molecule has 28 heavy (non-hydrogen) atoms. The number of hydrogen-bond acceptors (Lipinski definition) is 8. The molecule has 144 valence electrons. The quantitative estimate of drug-likeness (QED) is 0.263. The first-order chi connectivity index (χ1) is 13.4. The van der Waals surface area contributed by atoms with Crippen LogP contribution in [0.5, 0.6) is 0 Å². The summed E-state index contributed by atoms with van der Waals surface area (Å²) in [4.78, 5) is 22.6. The first kappa shape index (κ1) is 20.0. The summed E-state index contributed by atoms with van der Waals surface area (Å²) < 4.78 is 1.79. The van der Waals surface area contributed by atoms with Crippen LogP contribution in [0.15, 0.2) is 46.7 Å². The molecule has 9 nitrogen and oxygen atoms in total. The van der Waals surface area contributed by atoms with Gasteiger partial charge in [-0.05, 0) is 30.3 Å². The molecular formula is C16H13ClN6O3S2. The van der Waals surface area contributed by atoms with Crippen LogP contribution in [0.25, 0.3) is 11.4 Å². The van der Waals surface area contributed by atoms with E-state index in [4.69, 9.17) is 11.6 Å².